The molecule has 0 radical (unpaired) electrons. The summed E-state index contributed by atoms with van der Waals surface area (Å²) in [4.78, 5) is 4.36. The molecule has 0 aliphatic carbocycles. The van der Waals surface area contributed by atoms with Crippen molar-refractivity contribution in [2.24, 2.45) is 5.92 Å². The van der Waals surface area contributed by atoms with Gasteiger partial charge in [-0.15, -0.1) is 0 Å². The van der Waals surface area contributed by atoms with Crippen molar-refractivity contribution in [1.29, 1.82) is 0 Å². The van der Waals surface area contributed by atoms with Gasteiger partial charge in [-0.1, -0.05) is 13.8 Å². The van der Waals surface area contributed by atoms with Crippen LogP contribution in [0.1, 0.15) is 13.8 Å². The molecule has 20 heavy (non-hydrogen) atoms. The Morgan fingerprint density at radius 3 is 2.70 bits per heavy atom. The molecular weight excluding hydrogens is 386 g/mol. The fourth-order valence-electron chi connectivity index (χ4n) is 1.88. The highest BCUT2D eigenvalue weighted by Gasteiger charge is 2.10. The molecule has 0 aliphatic heterocycles. The van der Waals surface area contributed by atoms with Gasteiger partial charge in [0.2, 0.25) is 5.95 Å². The van der Waals surface area contributed by atoms with E-state index >= 15 is 0 Å². The third kappa shape index (κ3) is 3.55. The number of hydrogen-bond acceptors (Lipinski definition) is 3. The molecule has 0 bridgehead atoms. The van der Waals surface area contributed by atoms with E-state index in [4.69, 9.17) is 4.74 Å². The molecular formula is C14H17Br2N3O. The Balaban J connectivity index is 2.28. The van der Waals surface area contributed by atoms with Gasteiger partial charge in [0.25, 0.3) is 0 Å². The molecule has 0 unspecified atom stereocenters. The first-order valence-corrected chi connectivity index (χ1v) is 7.91. The molecule has 0 saturated carbocycles. The SMILES string of the molecule is COc1cc(Nc2nccn2CC(C)C)c(Br)cc1Br. The number of benzene rings is 1. The quantitative estimate of drug-likeness (QED) is 0.779. The van der Waals surface area contributed by atoms with Crippen molar-refractivity contribution < 1.29 is 4.74 Å². The first kappa shape index (κ1) is 15.4. The van der Waals surface area contributed by atoms with Crippen LogP contribution in [-0.4, -0.2) is 16.7 Å². The van der Waals surface area contributed by atoms with Crippen LogP contribution in [0.5, 0.6) is 5.75 Å². The van der Waals surface area contributed by atoms with Gasteiger partial charge in [0.1, 0.15) is 5.75 Å². The molecule has 1 N–H and O–H groups in total. The van der Waals surface area contributed by atoms with E-state index in [0.29, 0.717) is 5.92 Å². The summed E-state index contributed by atoms with van der Waals surface area (Å²) in [5, 5.41) is 3.33. The van der Waals surface area contributed by atoms with Crippen LogP contribution in [0.15, 0.2) is 33.5 Å². The first-order chi connectivity index (χ1) is 9.51. The van der Waals surface area contributed by atoms with Crippen molar-refractivity contribution in [3.63, 3.8) is 0 Å². The van der Waals surface area contributed by atoms with E-state index in [2.05, 4.69) is 60.6 Å². The van der Waals surface area contributed by atoms with Crippen molar-refractivity contribution >= 4 is 43.5 Å². The maximum atomic E-state index is 5.32. The van der Waals surface area contributed by atoms with Crippen molar-refractivity contribution in [3.8, 4) is 5.75 Å². The Labute approximate surface area is 135 Å². The van der Waals surface area contributed by atoms with E-state index in [9.17, 15) is 0 Å². The number of anilines is 2. The zero-order chi connectivity index (χ0) is 14.7. The van der Waals surface area contributed by atoms with Crippen LogP contribution < -0.4 is 10.1 Å². The van der Waals surface area contributed by atoms with E-state index in [1.54, 1.807) is 13.3 Å². The summed E-state index contributed by atoms with van der Waals surface area (Å²) < 4.78 is 9.28. The van der Waals surface area contributed by atoms with Crippen LogP contribution in [0.4, 0.5) is 11.6 Å². The van der Waals surface area contributed by atoms with E-state index < -0.39 is 0 Å². The molecule has 0 aliphatic rings. The largest absolute Gasteiger partial charge is 0.495 e. The summed E-state index contributed by atoms with van der Waals surface area (Å²) in [6.45, 7) is 5.29. The second kappa shape index (κ2) is 6.63. The predicted octanol–water partition coefficient (Wildman–Crippen LogP) is 4.82. The number of aromatic nitrogens is 2. The third-order valence-electron chi connectivity index (χ3n) is 2.77. The Hall–Kier alpha value is -1.01. The summed E-state index contributed by atoms with van der Waals surface area (Å²) in [6.07, 6.45) is 3.78. The second-order valence-corrected chi connectivity index (χ2v) is 6.60. The maximum Gasteiger partial charge on any atom is 0.207 e. The minimum absolute atomic E-state index is 0.563. The average Bonchev–Trinajstić information content (AvgIpc) is 2.79. The van der Waals surface area contributed by atoms with Crippen molar-refractivity contribution in [1.82, 2.24) is 9.55 Å². The zero-order valence-corrected chi connectivity index (χ0v) is 14.8. The minimum atomic E-state index is 0.563. The lowest BCUT2D eigenvalue weighted by Gasteiger charge is -2.14. The molecule has 1 heterocycles. The molecule has 108 valence electrons. The molecule has 0 amide bonds. The molecule has 0 saturated heterocycles. The van der Waals surface area contributed by atoms with Crippen LogP contribution in [-0.2, 0) is 6.54 Å². The van der Waals surface area contributed by atoms with Gasteiger partial charge in [0.15, 0.2) is 0 Å². The Kier molecular flexibility index (Phi) is 5.10. The number of ether oxygens (including phenoxy) is 1. The number of rotatable bonds is 5. The van der Waals surface area contributed by atoms with E-state index in [1.165, 1.54) is 0 Å². The highest BCUT2D eigenvalue weighted by atomic mass is 79.9. The van der Waals surface area contributed by atoms with Crippen LogP contribution in [0.2, 0.25) is 0 Å². The number of nitrogens with one attached hydrogen (secondary N) is 1. The smallest absolute Gasteiger partial charge is 0.207 e. The Morgan fingerprint density at radius 1 is 1.30 bits per heavy atom. The molecule has 4 nitrogen and oxygen atoms in total. The average molecular weight is 403 g/mol. The standard InChI is InChI=1S/C14H17Br2N3O/c1-9(2)8-19-5-4-17-14(19)18-12-7-13(20-3)11(16)6-10(12)15/h4-7,9H,8H2,1-3H3,(H,17,18). The van der Waals surface area contributed by atoms with Gasteiger partial charge in [0.05, 0.1) is 17.3 Å². The monoisotopic (exact) mass is 401 g/mol. The predicted molar refractivity (Wildman–Crippen MR) is 88.7 cm³/mol. The highest BCUT2D eigenvalue weighted by Crippen LogP contribution is 2.35. The molecule has 6 heteroatoms. The van der Waals surface area contributed by atoms with Gasteiger partial charge >= 0.3 is 0 Å². The van der Waals surface area contributed by atoms with Gasteiger partial charge in [-0.3, -0.25) is 0 Å². The minimum Gasteiger partial charge on any atom is -0.495 e. The molecule has 1 aromatic heterocycles. The lowest BCUT2D eigenvalue weighted by molar-refractivity contribution is 0.412. The highest BCUT2D eigenvalue weighted by molar-refractivity contribution is 9.11. The second-order valence-electron chi connectivity index (χ2n) is 4.89. The molecule has 2 aromatic rings. The molecule has 0 fully saturated rings. The molecule has 1 aromatic carbocycles. The molecule has 2 rings (SSSR count). The summed E-state index contributed by atoms with van der Waals surface area (Å²) in [5.74, 6) is 2.16. The Morgan fingerprint density at radius 2 is 2.05 bits per heavy atom. The summed E-state index contributed by atoms with van der Waals surface area (Å²) in [7, 11) is 1.65. The fourth-order valence-corrected chi connectivity index (χ4v) is 3.13. The topological polar surface area (TPSA) is 39.1 Å². The lowest BCUT2D eigenvalue weighted by atomic mass is 10.2. The first-order valence-electron chi connectivity index (χ1n) is 6.32. The van der Waals surface area contributed by atoms with E-state index in [-0.39, 0.29) is 0 Å². The number of nitrogens with zero attached hydrogens (tertiary/aromatic N) is 2. The summed E-state index contributed by atoms with van der Waals surface area (Å²) >= 11 is 7.01. The van der Waals surface area contributed by atoms with Gasteiger partial charge in [-0.25, -0.2) is 4.98 Å². The van der Waals surface area contributed by atoms with Gasteiger partial charge in [-0.05, 0) is 43.8 Å². The van der Waals surface area contributed by atoms with Crippen LogP contribution >= 0.6 is 31.9 Å². The number of hydrogen-bond donors (Lipinski definition) is 1. The van der Waals surface area contributed by atoms with Crippen LogP contribution in [0, 0.1) is 5.92 Å². The summed E-state index contributed by atoms with van der Waals surface area (Å²) in [5.41, 5.74) is 0.918. The Bertz CT molecular complexity index is 596. The van der Waals surface area contributed by atoms with Gasteiger partial charge in [0, 0.05) is 29.5 Å². The zero-order valence-electron chi connectivity index (χ0n) is 11.7. The van der Waals surface area contributed by atoms with Crippen LogP contribution in [0.25, 0.3) is 0 Å². The van der Waals surface area contributed by atoms with E-state index in [1.807, 2.05) is 18.3 Å². The van der Waals surface area contributed by atoms with E-state index in [0.717, 1.165) is 32.9 Å². The lowest BCUT2D eigenvalue weighted by Crippen LogP contribution is -2.07. The van der Waals surface area contributed by atoms with Gasteiger partial charge in [-0.2, -0.15) is 0 Å². The summed E-state index contributed by atoms with van der Waals surface area (Å²) in [6, 6.07) is 3.89. The van der Waals surface area contributed by atoms with Crippen molar-refractivity contribution in [2.75, 3.05) is 12.4 Å². The number of imidazole rings is 1. The van der Waals surface area contributed by atoms with Crippen LogP contribution in [0.3, 0.4) is 0 Å². The number of halogens is 2. The maximum absolute atomic E-state index is 5.32. The van der Waals surface area contributed by atoms with Gasteiger partial charge < -0.3 is 14.6 Å². The van der Waals surface area contributed by atoms with Crippen molar-refractivity contribution in [2.45, 2.75) is 20.4 Å². The fraction of sp³-hybridized carbons (Fsp3) is 0.357. The third-order valence-corrected chi connectivity index (χ3v) is 4.04. The number of methoxy groups -OCH3 is 1. The normalized spacial score (nSPS) is 10.9. The molecule has 0 spiro atoms. The molecule has 0 atom stereocenters. The van der Waals surface area contributed by atoms with Crippen molar-refractivity contribution in [3.05, 3.63) is 33.5 Å².